The van der Waals surface area contributed by atoms with Gasteiger partial charge in [0.25, 0.3) is 0 Å². The summed E-state index contributed by atoms with van der Waals surface area (Å²) in [5, 5.41) is 3.62. The number of allylic oxidation sites excluding steroid dienone is 4. The molecule has 7 aromatic rings. The first-order chi connectivity index (χ1) is 21.6. The largest absolute Gasteiger partial charge is 0.313 e. The number of para-hydroxylation sites is 1. The Balaban J connectivity index is 1.31. The van der Waals surface area contributed by atoms with Gasteiger partial charge in [-0.3, -0.25) is 0 Å². The molecule has 0 N–H and O–H groups in total. The van der Waals surface area contributed by atoms with E-state index in [1.165, 1.54) is 49.8 Å². The lowest BCUT2D eigenvalue weighted by molar-refractivity contribution is 0.666. The van der Waals surface area contributed by atoms with E-state index in [0.717, 1.165) is 46.4 Å². The molecular formula is C41H31N3. The molecule has 9 rings (SSSR count). The fourth-order valence-electron chi connectivity index (χ4n) is 7.63. The zero-order valence-electron chi connectivity index (χ0n) is 24.9. The van der Waals surface area contributed by atoms with Crippen LogP contribution < -0.4 is 0 Å². The predicted octanol–water partition coefficient (Wildman–Crippen LogP) is 10.6. The molecule has 0 atom stereocenters. The lowest BCUT2D eigenvalue weighted by Gasteiger charge is -2.24. The summed E-state index contributed by atoms with van der Waals surface area (Å²) in [6, 6.07) is 39.3. The van der Waals surface area contributed by atoms with Crippen molar-refractivity contribution in [3.8, 4) is 33.8 Å². The molecule has 0 amide bonds. The maximum Gasteiger partial charge on any atom is 0.160 e. The van der Waals surface area contributed by atoms with Crippen molar-refractivity contribution in [2.75, 3.05) is 0 Å². The van der Waals surface area contributed by atoms with Gasteiger partial charge in [0.05, 0.1) is 22.2 Å². The summed E-state index contributed by atoms with van der Waals surface area (Å²) in [5.74, 6) is 0.753. The topological polar surface area (TPSA) is 30.7 Å². The summed E-state index contributed by atoms with van der Waals surface area (Å²) in [6.07, 6.45) is 8.77. The van der Waals surface area contributed by atoms with Crippen molar-refractivity contribution in [1.29, 1.82) is 0 Å². The van der Waals surface area contributed by atoms with Gasteiger partial charge in [0.15, 0.2) is 5.82 Å². The zero-order chi connectivity index (χ0) is 29.4. The zero-order valence-corrected chi connectivity index (χ0v) is 24.9. The smallest absolute Gasteiger partial charge is 0.160 e. The molecule has 2 aliphatic carbocycles. The molecule has 3 nitrogen and oxygen atoms in total. The van der Waals surface area contributed by atoms with E-state index in [4.69, 9.17) is 9.97 Å². The molecule has 0 unspecified atom stereocenters. The van der Waals surface area contributed by atoms with Crippen molar-refractivity contribution in [2.45, 2.75) is 32.1 Å². The second-order valence-corrected chi connectivity index (χ2v) is 12.5. The molecule has 0 radical (unpaired) electrons. The van der Waals surface area contributed by atoms with Gasteiger partial charge in [0.2, 0.25) is 0 Å². The minimum Gasteiger partial charge on any atom is -0.313 e. The fourth-order valence-corrected chi connectivity index (χ4v) is 7.63. The molecule has 0 bridgehead atoms. The molecule has 44 heavy (non-hydrogen) atoms. The van der Waals surface area contributed by atoms with E-state index < -0.39 is 0 Å². The summed E-state index contributed by atoms with van der Waals surface area (Å²) in [5.41, 5.74) is 13.0. The lowest BCUT2D eigenvalue weighted by atomic mass is 9.80. The molecule has 2 aromatic heterocycles. The summed E-state index contributed by atoms with van der Waals surface area (Å²) in [6.45, 7) is 4.67. The standard InChI is InChI=1S/C41H31N3/c1-41(2)33-19-11-9-17-29(33)31-22-23-34-37(38(31)41)39(26-13-5-3-6-14-26)43-40(42-34)27-21-24-36-32(25-27)30-18-10-12-20-35(30)44(36)28-15-7-4-8-16-28/h3-7,9-15,17-25H,8,16H2,1-2H3. The van der Waals surface area contributed by atoms with Crippen LogP contribution in [0.3, 0.4) is 0 Å². The molecule has 5 aromatic carbocycles. The van der Waals surface area contributed by atoms with Crippen LogP contribution in [0.15, 0.2) is 127 Å². The van der Waals surface area contributed by atoms with Crippen LogP contribution in [0, 0.1) is 0 Å². The van der Waals surface area contributed by atoms with Gasteiger partial charge in [0.1, 0.15) is 0 Å². The Morgan fingerprint density at radius 3 is 2.34 bits per heavy atom. The first-order valence-corrected chi connectivity index (χ1v) is 15.5. The van der Waals surface area contributed by atoms with Crippen LogP contribution >= 0.6 is 0 Å². The normalized spacial score (nSPS) is 15.1. The van der Waals surface area contributed by atoms with E-state index in [0.29, 0.717) is 0 Å². The number of hydrogen-bond acceptors (Lipinski definition) is 2. The van der Waals surface area contributed by atoms with E-state index in [-0.39, 0.29) is 5.41 Å². The fraction of sp³-hybridized carbons (Fsp3) is 0.122. The monoisotopic (exact) mass is 565 g/mol. The second-order valence-electron chi connectivity index (χ2n) is 12.5. The average Bonchev–Trinajstić information content (AvgIpc) is 3.53. The third-order valence-electron chi connectivity index (χ3n) is 9.64. The Morgan fingerprint density at radius 2 is 1.48 bits per heavy atom. The van der Waals surface area contributed by atoms with Crippen LogP contribution in [-0.4, -0.2) is 14.5 Å². The van der Waals surface area contributed by atoms with Crippen LogP contribution in [-0.2, 0) is 5.41 Å². The van der Waals surface area contributed by atoms with E-state index in [9.17, 15) is 0 Å². The van der Waals surface area contributed by atoms with E-state index in [1.54, 1.807) is 0 Å². The Hall–Kier alpha value is -5.28. The third-order valence-corrected chi connectivity index (χ3v) is 9.64. The Morgan fingerprint density at radius 1 is 0.682 bits per heavy atom. The van der Waals surface area contributed by atoms with Crippen molar-refractivity contribution in [3.63, 3.8) is 0 Å². The van der Waals surface area contributed by atoms with Crippen LogP contribution in [0.1, 0.15) is 37.8 Å². The summed E-state index contributed by atoms with van der Waals surface area (Å²) < 4.78 is 2.43. The highest BCUT2D eigenvalue weighted by Gasteiger charge is 2.38. The lowest BCUT2D eigenvalue weighted by Crippen LogP contribution is -2.16. The van der Waals surface area contributed by atoms with Gasteiger partial charge >= 0.3 is 0 Å². The van der Waals surface area contributed by atoms with Crippen LogP contribution in [0.2, 0.25) is 0 Å². The van der Waals surface area contributed by atoms with Gasteiger partial charge in [0, 0.05) is 38.4 Å². The second kappa shape index (κ2) is 9.36. The summed E-state index contributed by atoms with van der Waals surface area (Å²) >= 11 is 0. The third kappa shape index (κ3) is 3.56. The van der Waals surface area contributed by atoms with Gasteiger partial charge in [-0.05, 0) is 71.5 Å². The van der Waals surface area contributed by atoms with E-state index >= 15 is 0 Å². The van der Waals surface area contributed by atoms with Crippen LogP contribution in [0.4, 0.5) is 0 Å². The molecule has 2 aliphatic rings. The highest BCUT2D eigenvalue weighted by atomic mass is 15.0. The summed E-state index contributed by atoms with van der Waals surface area (Å²) in [7, 11) is 0. The highest BCUT2D eigenvalue weighted by Crippen LogP contribution is 2.52. The number of nitrogens with zero attached hydrogens (tertiary/aromatic N) is 3. The Kier molecular flexibility index (Phi) is 5.37. The molecule has 0 spiro atoms. The SMILES string of the molecule is CC1(C)c2ccccc2-c2ccc3nc(-c4ccc5c(c4)c4ccccc4n5C4=CC=CCC4)nc(-c4ccccc4)c3c21. The van der Waals surface area contributed by atoms with Crippen LogP contribution in [0.5, 0.6) is 0 Å². The molecular weight excluding hydrogens is 534 g/mol. The minimum atomic E-state index is -0.163. The van der Waals surface area contributed by atoms with Crippen molar-refractivity contribution >= 4 is 38.4 Å². The Labute approximate surface area is 256 Å². The van der Waals surface area contributed by atoms with E-state index in [1.807, 2.05) is 0 Å². The minimum absolute atomic E-state index is 0.163. The predicted molar refractivity (Wildman–Crippen MR) is 184 cm³/mol. The number of hydrogen-bond donors (Lipinski definition) is 0. The maximum atomic E-state index is 5.39. The molecule has 0 fully saturated rings. The molecule has 2 heterocycles. The number of fused-ring (bicyclic) bond motifs is 8. The number of rotatable bonds is 3. The average molecular weight is 566 g/mol. The van der Waals surface area contributed by atoms with Crippen molar-refractivity contribution in [3.05, 3.63) is 139 Å². The van der Waals surface area contributed by atoms with Crippen molar-refractivity contribution in [1.82, 2.24) is 14.5 Å². The Bertz CT molecular complexity index is 2350. The van der Waals surface area contributed by atoms with Gasteiger partial charge < -0.3 is 4.57 Å². The molecule has 3 heteroatoms. The van der Waals surface area contributed by atoms with E-state index in [2.05, 4.69) is 146 Å². The van der Waals surface area contributed by atoms with Crippen molar-refractivity contribution in [2.24, 2.45) is 0 Å². The molecule has 210 valence electrons. The molecule has 0 saturated heterocycles. The van der Waals surface area contributed by atoms with Crippen molar-refractivity contribution < 1.29 is 0 Å². The first kappa shape index (κ1) is 25.2. The van der Waals surface area contributed by atoms with Gasteiger partial charge in [-0.2, -0.15) is 0 Å². The maximum absolute atomic E-state index is 5.39. The van der Waals surface area contributed by atoms with Gasteiger partial charge in [-0.15, -0.1) is 0 Å². The van der Waals surface area contributed by atoms with Gasteiger partial charge in [-0.25, -0.2) is 9.97 Å². The first-order valence-electron chi connectivity index (χ1n) is 15.5. The molecule has 0 saturated carbocycles. The highest BCUT2D eigenvalue weighted by molar-refractivity contribution is 6.11. The number of benzene rings is 5. The number of aromatic nitrogens is 3. The van der Waals surface area contributed by atoms with Crippen LogP contribution in [0.25, 0.3) is 72.2 Å². The molecule has 0 aliphatic heterocycles. The summed E-state index contributed by atoms with van der Waals surface area (Å²) in [4.78, 5) is 10.7. The quantitative estimate of drug-likeness (QED) is 0.213. The van der Waals surface area contributed by atoms with Gasteiger partial charge in [-0.1, -0.05) is 105 Å².